The molecular formula is C46H98Cl2NOTi-. The van der Waals surface area contributed by atoms with Crippen molar-refractivity contribution in [2.75, 3.05) is 19.7 Å². The van der Waals surface area contributed by atoms with Gasteiger partial charge in [0.05, 0.1) is 0 Å². The number of hydrogen-bond donors (Lipinski definition) is 1. The fourth-order valence-electron chi connectivity index (χ4n) is 6.90. The van der Waals surface area contributed by atoms with Crippen molar-refractivity contribution >= 4 is 24.8 Å². The second-order valence-electron chi connectivity index (χ2n) is 15.5. The summed E-state index contributed by atoms with van der Waals surface area (Å²) in [7, 11) is 0. The van der Waals surface area contributed by atoms with E-state index in [1.165, 1.54) is 250 Å². The number of aliphatic hydroxyl groups is 1. The molecule has 0 atom stereocenters. The van der Waals surface area contributed by atoms with Gasteiger partial charge in [-0.1, -0.05) is 271 Å². The molecule has 0 aliphatic carbocycles. The number of hydrogen-bond acceptors (Lipinski definition) is 1. The van der Waals surface area contributed by atoms with Crippen molar-refractivity contribution in [1.29, 1.82) is 0 Å². The first-order chi connectivity index (χ1) is 23.8. The maximum Gasteiger partial charge on any atom is 0.0431 e. The maximum atomic E-state index is 8.51. The molecule has 0 aromatic heterocycles. The van der Waals surface area contributed by atoms with Crippen molar-refractivity contribution in [3.63, 3.8) is 0 Å². The van der Waals surface area contributed by atoms with Gasteiger partial charge in [-0.3, -0.25) is 0 Å². The van der Waals surface area contributed by atoms with Crippen LogP contribution in [0.4, 0.5) is 0 Å². The molecule has 0 fully saturated rings. The molecule has 0 unspecified atom stereocenters. The van der Waals surface area contributed by atoms with Gasteiger partial charge in [0.1, 0.15) is 0 Å². The van der Waals surface area contributed by atoms with Crippen molar-refractivity contribution in [2.45, 2.75) is 278 Å². The molecule has 0 rings (SSSR count). The Morgan fingerprint density at radius 3 is 0.588 bits per heavy atom. The molecule has 0 aromatic carbocycles. The van der Waals surface area contributed by atoms with Gasteiger partial charge >= 0.3 is 0 Å². The van der Waals surface area contributed by atoms with Gasteiger partial charge in [-0.2, -0.15) is 0 Å². The first-order valence-corrected chi connectivity index (χ1v) is 23.1. The quantitative estimate of drug-likeness (QED) is 0.0484. The van der Waals surface area contributed by atoms with Gasteiger partial charge in [-0.15, -0.1) is 37.9 Å². The minimum Gasteiger partial charge on any atom is -0.662 e. The van der Waals surface area contributed by atoms with Crippen molar-refractivity contribution < 1.29 is 26.8 Å². The summed E-state index contributed by atoms with van der Waals surface area (Å²) in [5.74, 6) is 0. The minimum atomic E-state index is 0. The topological polar surface area (TPSA) is 34.3 Å². The summed E-state index contributed by atoms with van der Waals surface area (Å²) in [5.41, 5.74) is 0. The van der Waals surface area contributed by atoms with Crippen LogP contribution in [0, 0.1) is 0 Å². The summed E-state index contributed by atoms with van der Waals surface area (Å²) in [5, 5.41) is 13.3. The van der Waals surface area contributed by atoms with Crippen LogP contribution in [0.3, 0.4) is 0 Å². The standard InChI is InChI=1S/C36H74N.C10H22O.2ClH.Ti/c1-3-5-7-9-11-13-15-17-19-21-23-25-27-29-31-33-35-37-36-34-32-30-28-26-24-22-20-18-16-14-12-10-8-6-4-2;1-2-3-4-5-6-7-8-9-10-11;;;/h3-36H2,1-2H3;11H,2-10H2,1H3;2*1H;/q-1;;;;. The van der Waals surface area contributed by atoms with E-state index in [-0.39, 0.29) is 46.5 Å². The van der Waals surface area contributed by atoms with Crippen molar-refractivity contribution in [3.05, 3.63) is 5.32 Å². The zero-order valence-electron chi connectivity index (χ0n) is 35.6. The third kappa shape index (κ3) is 66.4. The molecule has 0 heterocycles. The monoisotopic (exact) mass is 799 g/mol. The van der Waals surface area contributed by atoms with Crippen molar-refractivity contribution in [1.82, 2.24) is 0 Å². The third-order valence-corrected chi connectivity index (χ3v) is 10.4. The molecule has 0 radical (unpaired) electrons. The van der Waals surface area contributed by atoms with Crippen molar-refractivity contribution in [3.8, 4) is 0 Å². The SMILES string of the molecule is CCCCCCCCCCCCCCCCCC[N-]CCCCCCCCCCCCCCCCCC.CCCCCCCCCCO.Cl.Cl.[Ti]. The molecule has 0 spiro atoms. The zero-order valence-corrected chi connectivity index (χ0v) is 38.8. The largest absolute Gasteiger partial charge is 0.662 e. The predicted octanol–water partition coefficient (Wildman–Crippen LogP) is 17.8. The third-order valence-electron chi connectivity index (χ3n) is 10.4. The van der Waals surface area contributed by atoms with Crippen LogP contribution in [0.1, 0.15) is 278 Å². The average Bonchev–Trinajstić information content (AvgIpc) is 3.10. The smallest absolute Gasteiger partial charge is 0.0431 e. The van der Waals surface area contributed by atoms with Crippen LogP contribution in [-0.2, 0) is 21.7 Å². The molecule has 0 bridgehead atoms. The van der Waals surface area contributed by atoms with Gasteiger partial charge in [0.2, 0.25) is 0 Å². The normalized spacial score (nSPS) is 10.6. The van der Waals surface area contributed by atoms with Gasteiger partial charge in [-0.05, 0) is 6.42 Å². The van der Waals surface area contributed by atoms with Crippen LogP contribution in [0.25, 0.3) is 5.32 Å². The number of halogens is 2. The Morgan fingerprint density at radius 1 is 0.255 bits per heavy atom. The van der Waals surface area contributed by atoms with Gasteiger partial charge in [0, 0.05) is 28.3 Å². The van der Waals surface area contributed by atoms with E-state index in [9.17, 15) is 0 Å². The van der Waals surface area contributed by atoms with Crippen LogP contribution < -0.4 is 0 Å². The molecule has 0 amide bonds. The Balaban J connectivity index is -0.000000433. The average molecular weight is 800 g/mol. The summed E-state index contributed by atoms with van der Waals surface area (Å²) < 4.78 is 0. The van der Waals surface area contributed by atoms with E-state index in [0.29, 0.717) is 6.61 Å². The Bertz CT molecular complexity index is 472. The van der Waals surface area contributed by atoms with E-state index in [1.54, 1.807) is 0 Å². The molecule has 0 aliphatic rings. The van der Waals surface area contributed by atoms with Crippen LogP contribution in [-0.4, -0.2) is 24.8 Å². The Hall–Kier alpha value is 1.21. The van der Waals surface area contributed by atoms with Crippen LogP contribution in [0.15, 0.2) is 0 Å². The number of nitrogens with zero attached hydrogens (tertiary/aromatic N) is 1. The molecule has 0 aromatic rings. The molecular weight excluding hydrogens is 701 g/mol. The molecule has 51 heavy (non-hydrogen) atoms. The number of aliphatic hydroxyl groups excluding tert-OH is 1. The fraction of sp³-hybridized carbons (Fsp3) is 1.00. The fourth-order valence-corrected chi connectivity index (χ4v) is 6.90. The summed E-state index contributed by atoms with van der Waals surface area (Å²) in [4.78, 5) is 0. The summed E-state index contributed by atoms with van der Waals surface area (Å²) >= 11 is 0. The Kier molecular flexibility index (Phi) is 76.1. The second kappa shape index (κ2) is 63.2. The van der Waals surface area contributed by atoms with E-state index < -0.39 is 0 Å². The van der Waals surface area contributed by atoms with E-state index in [2.05, 4.69) is 20.8 Å². The van der Waals surface area contributed by atoms with Gasteiger partial charge < -0.3 is 10.4 Å². The van der Waals surface area contributed by atoms with E-state index in [0.717, 1.165) is 19.5 Å². The van der Waals surface area contributed by atoms with E-state index >= 15 is 0 Å². The molecule has 5 heteroatoms. The minimum absolute atomic E-state index is 0. The molecule has 0 saturated heterocycles. The summed E-state index contributed by atoms with van der Waals surface area (Å²) in [6.45, 7) is 9.47. The van der Waals surface area contributed by atoms with E-state index in [4.69, 9.17) is 10.4 Å². The van der Waals surface area contributed by atoms with Gasteiger partial charge in [0.25, 0.3) is 0 Å². The maximum absolute atomic E-state index is 8.51. The van der Waals surface area contributed by atoms with Crippen LogP contribution in [0.2, 0.25) is 0 Å². The summed E-state index contributed by atoms with van der Waals surface area (Å²) in [6.07, 6.45) is 56.7. The van der Waals surface area contributed by atoms with Gasteiger partial charge in [0.15, 0.2) is 0 Å². The molecule has 2 nitrogen and oxygen atoms in total. The van der Waals surface area contributed by atoms with E-state index in [1.807, 2.05) is 0 Å². The first kappa shape index (κ1) is 61.4. The Labute approximate surface area is 352 Å². The Morgan fingerprint density at radius 2 is 0.412 bits per heavy atom. The molecule has 312 valence electrons. The summed E-state index contributed by atoms with van der Waals surface area (Å²) in [6, 6.07) is 0. The van der Waals surface area contributed by atoms with Crippen molar-refractivity contribution in [2.24, 2.45) is 0 Å². The second-order valence-corrected chi connectivity index (χ2v) is 15.5. The molecule has 0 aliphatic heterocycles. The predicted molar refractivity (Wildman–Crippen MR) is 236 cm³/mol. The molecule has 0 saturated carbocycles. The van der Waals surface area contributed by atoms with Crippen LogP contribution in [0.5, 0.6) is 0 Å². The first-order valence-electron chi connectivity index (χ1n) is 23.1. The zero-order chi connectivity index (χ0) is 35.1. The molecule has 1 N–H and O–H groups in total. The van der Waals surface area contributed by atoms with Crippen LogP contribution >= 0.6 is 24.8 Å². The number of unbranched alkanes of at least 4 members (excludes halogenated alkanes) is 37. The number of rotatable bonds is 42. The van der Waals surface area contributed by atoms with Gasteiger partial charge in [-0.25, -0.2) is 0 Å².